The van der Waals surface area contributed by atoms with Gasteiger partial charge in [0.2, 0.25) is 0 Å². The zero-order chi connectivity index (χ0) is 13.8. The summed E-state index contributed by atoms with van der Waals surface area (Å²) in [6.07, 6.45) is -2.32. The first-order chi connectivity index (χ1) is 9.06. The second kappa shape index (κ2) is 5.92. The van der Waals surface area contributed by atoms with E-state index in [0.717, 1.165) is 0 Å². The molecule has 0 aliphatic carbocycles. The van der Waals surface area contributed by atoms with Crippen molar-refractivity contribution in [1.29, 1.82) is 0 Å². The third-order valence-electron chi connectivity index (χ3n) is 3.05. The van der Waals surface area contributed by atoms with Crippen LogP contribution < -0.4 is 4.90 Å². The third-order valence-corrected chi connectivity index (χ3v) is 3.05. The monoisotopic (exact) mass is 271 g/mol. The van der Waals surface area contributed by atoms with Crippen molar-refractivity contribution in [3.05, 3.63) is 23.9 Å². The normalized spacial score (nSPS) is 16.9. The van der Waals surface area contributed by atoms with Crippen LogP contribution in [0.15, 0.2) is 18.2 Å². The Morgan fingerprint density at radius 1 is 1.32 bits per heavy atom. The van der Waals surface area contributed by atoms with Gasteiger partial charge in [0.15, 0.2) is 5.69 Å². The summed E-state index contributed by atoms with van der Waals surface area (Å²) >= 11 is 0. The summed E-state index contributed by atoms with van der Waals surface area (Å²) in [6.45, 7) is 1.99. The second-order valence-electron chi connectivity index (χ2n) is 4.36. The largest absolute Gasteiger partial charge is 0.477 e. The Labute approximate surface area is 109 Å². The van der Waals surface area contributed by atoms with Crippen LogP contribution in [0.2, 0.25) is 0 Å². The average Bonchev–Trinajstić information content (AvgIpc) is 2.39. The number of hydrogen-bond acceptors (Lipinski definition) is 4. The van der Waals surface area contributed by atoms with E-state index in [0.29, 0.717) is 32.0 Å². The molecule has 0 saturated carbocycles. The summed E-state index contributed by atoms with van der Waals surface area (Å²) in [6, 6.07) is 4.80. The quantitative estimate of drug-likeness (QED) is 0.890. The fraction of sp³-hybridized carbons (Fsp3) is 0.500. The Hall–Kier alpha value is -1.76. The number of halogens is 2. The molecule has 5 nitrogen and oxygen atoms in total. The van der Waals surface area contributed by atoms with Crippen molar-refractivity contribution in [2.24, 2.45) is 0 Å². The first-order valence-electron chi connectivity index (χ1n) is 6.02. The predicted octanol–water partition coefficient (Wildman–Crippen LogP) is 1.17. The van der Waals surface area contributed by atoms with Crippen LogP contribution in [-0.4, -0.2) is 60.1 Å². The highest BCUT2D eigenvalue weighted by atomic mass is 19.3. The van der Waals surface area contributed by atoms with Crippen LogP contribution in [0.3, 0.4) is 0 Å². The number of aromatic nitrogens is 1. The molecule has 1 aromatic heterocycles. The first-order valence-corrected chi connectivity index (χ1v) is 6.02. The lowest BCUT2D eigenvalue weighted by molar-refractivity contribution is 0.0690. The molecule has 2 rings (SSSR count). The van der Waals surface area contributed by atoms with E-state index < -0.39 is 12.4 Å². The molecule has 0 amide bonds. The van der Waals surface area contributed by atoms with E-state index in [4.69, 9.17) is 5.11 Å². The van der Waals surface area contributed by atoms with Crippen molar-refractivity contribution in [3.63, 3.8) is 0 Å². The van der Waals surface area contributed by atoms with Crippen LogP contribution in [0, 0.1) is 0 Å². The molecule has 0 radical (unpaired) electrons. The molecule has 0 atom stereocenters. The second-order valence-corrected chi connectivity index (χ2v) is 4.36. The van der Waals surface area contributed by atoms with Gasteiger partial charge in [0.1, 0.15) is 5.82 Å². The lowest BCUT2D eigenvalue weighted by Gasteiger charge is -2.35. The number of carboxylic acids is 1. The van der Waals surface area contributed by atoms with Crippen LogP contribution in [0.4, 0.5) is 14.6 Å². The van der Waals surface area contributed by atoms with Crippen molar-refractivity contribution >= 4 is 11.8 Å². The number of hydrogen-bond donors (Lipinski definition) is 1. The number of piperazine rings is 1. The summed E-state index contributed by atoms with van der Waals surface area (Å²) in [7, 11) is 0. The molecule has 0 unspecified atom stereocenters. The highest BCUT2D eigenvalue weighted by Crippen LogP contribution is 2.14. The summed E-state index contributed by atoms with van der Waals surface area (Å²) < 4.78 is 24.5. The Balaban J connectivity index is 1.97. The maximum Gasteiger partial charge on any atom is 0.354 e. The molecule has 0 aromatic carbocycles. The molecule has 2 heterocycles. The number of carbonyl (C=O) groups is 1. The lowest BCUT2D eigenvalue weighted by Crippen LogP contribution is -2.48. The molecule has 1 fully saturated rings. The molecule has 7 heteroatoms. The minimum atomic E-state index is -2.32. The molecule has 1 aliphatic heterocycles. The highest BCUT2D eigenvalue weighted by molar-refractivity contribution is 5.85. The smallest absolute Gasteiger partial charge is 0.354 e. The van der Waals surface area contributed by atoms with E-state index in [-0.39, 0.29) is 12.2 Å². The van der Waals surface area contributed by atoms with E-state index >= 15 is 0 Å². The van der Waals surface area contributed by atoms with Crippen molar-refractivity contribution < 1.29 is 18.7 Å². The summed E-state index contributed by atoms with van der Waals surface area (Å²) in [5.41, 5.74) is -0.00694. The standard InChI is InChI=1S/C12H15F2N3O2/c13-10(14)8-16-4-6-17(7-5-16)11-3-1-2-9(15-11)12(18)19/h1-3,10H,4-8H2,(H,18,19). The summed E-state index contributed by atoms with van der Waals surface area (Å²) in [5.74, 6) is -0.491. The van der Waals surface area contributed by atoms with E-state index in [1.165, 1.54) is 6.07 Å². The van der Waals surface area contributed by atoms with Gasteiger partial charge in [0.25, 0.3) is 6.43 Å². The van der Waals surface area contributed by atoms with Crippen molar-refractivity contribution in [2.45, 2.75) is 6.43 Å². The zero-order valence-electron chi connectivity index (χ0n) is 10.3. The van der Waals surface area contributed by atoms with E-state index in [1.807, 2.05) is 4.90 Å². The SMILES string of the molecule is O=C(O)c1cccc(N2CCN(CC(F)F)CC2)n1. The first kappa shape index (κ1) is 13.7. The minimum Gasteiger partial charge on any atom is -0.477 e. The van der Waals surface area contributed by atoms with Crippen LogP contribution in [-0.2, 0) is 0 Å². The highest BCUT2D eigenvalue weighted by Gasteiger charge is 2.20. The molecule has 0 bridgehead atoms. The van der Waals surface area contributed by atoms with Gasteiger partial charge in [-0.3, -0.25) is 4.90 Å². The average molecular weight is 271 g/mol. The van der Waals surface area contributed by atoms with Gasteiger partial charge >= 0.3 is 5.97 Å². The Morgan fingerprint density at radius 2 is 2.00 bits per heavy atom. The van der Waals surface area contributed by atoms with Crippen LogP contribution in [0.1, 0.15) is 10.5 Å². The molecule has 1 N–H and O–H groups in total. The summed E-state index contributed by atoms with van der Waals surface area (Å²) in [5, 5.41) is 8.88. The Kier molecular flexibility index (Phi) is 4.26. The van der Waals surface area contributed by atoms with E-state index in [2.05, 4.69) is 4.98 Å². The Morgan fingerprint density at radius 3 is 2.58 bits per heavy atom. The summed E-state index contributed by atoms with van der Waals surface area (Å²) in [4.78, 5) is 18.5. The number of aromatic carboxylic acids is 1. The van der Waals surface area contributed by atoms with Crippen molar-refractivity contribution in [2.75, 3.05) is 37.6 Å². The van der Waals surface area contributed by atoms with Gasteiger partial charge in [-0.1, -0.05) is 6.07 Å². The number of carboxylic acid groups (broad SMARTS) is 1. The van der Waals surface area contributed by atoms with Gasteiger partial charge in [-0.05, 0) is 12.1 Å². The number of pyridine rings is 1. The third kappa shape index (κ3) is 3.60. The van der Waals surface area contributed by atoms with Crippen molar-refractivity contribution in [1.82, 2.24) is 9.88 Å². The molecule has 19 heavy (non-hydrogen) atoms. The van der Waals surface area contributed by atoms with Gasteiger partial charge in [0, 0.05) is 26.2 Å². The molecule has 104 valence electrons. The molecule has 1 saturated heterocycles. The van der Waals surface area contributed by atoms with Gasteiger partial charge < -0.3 is 10.0 Å². The number of anilines is 1. The van der Waals surface area contributed by atoms with Gasteiger partial charge in [-0.25, -0.2) is 18.6 Å². The van der Waals surface area contributed by atoms with Gasteiger partial charge in [0.05, 0.1) is 6.54 Å². The van der Waals surface area contributed by atoms with Crippen LogP contribution in [0.25, 0.3) is 0 Å². The maximum absolute atomic E-state index is 12.2. The zero-order valence-corrected chi connectivity index (χ0v) is 10.3. The fourth-order valence-corrected chi connectivity index (χ4v) is 2.07. The minimum absolute atomic E-state index is 0.00694. The van der Waals surface area contributed by atoms with Gasteiger partial charge in [-0.15, -0.1) is 0 Å². The molecule has 1 aromatic rings. The maximum atomic E-state index is 12.2. The topological polar surface area (TPSA) is 56.7 Å². The van der Waals surface area contributed by atoms with Crippen LogP contribution >= 0.6 is 0 Å². The fourth-order valence-electron chi connectivity index (χ4n) is 2.07. The van der Waals surface area contributed by atoms with E-state index in [9.17, 15) is 13.6 Å². The molecular formula is C12H15F2N3O2. The lowest BCUT2D eigenvalue weighted by atomic mass is 10.3. The number of rotatable bonds is 4. The Bertz CT molecular complexity index is 448. The number of nitrogens with zero attached hydrogens (tertiary/aromatic N) is 3. The molecule has 1 aliphatic rings. The molecule has 0 spiro atoms. The van der Waals surface area contributed by atoms with Gasteiger partial charge in [-0.2, -0.15) is 0 Å². The van der Waals surface area contributed by atoms with E-state index in [1.54, 1.807) is 17.0 Å². The predicted molar refractivity (Wildman–Crippen MR) is 65.9 cm³/mol. The molecular weight excluding hydrogens is 256 g/mol. The van der Waals surface area contributed by atoms with Crippen molar-refractivity contribution in [3.8, 4) is 0 Å². The van der Waals surface area contributed by atoms with Crippen LogP contribution in [0.5, 0.6) is 0 Å². The number of alkyl halides is 2.